The minimum atomic E-state index is 0.446. The second-order valence-corrected chi connectivity index (χ2v) is 9.57. The molecule has 2 bridgehead atoms. The van der Waals surface area contributed by atoms with Crippen LogP contribution >= 0.6 is 11.3 Å². The van der Waals surface area contributed by atoms with Gasteiger partial charge in [0.15, 0.2) is 5.13 Å². The largest absolute Gasteiger partial charge is 0.382 e. The van der Waals surface area contributed by atoms with E-state index in [1.807, 2.05) is 18.5 Å². The average Bonchev–Trinajstić information content (AvgIpc) is 3.25. The number of rotatable bonds is 6. The highest BCUT2D eigenvalue weighted by Crippen LogP contribution is 2.38. The molecule has 1 aromatic carbocycles. The standard InChI is InChI=1S/C23H26N6S/c1-15-14-26-23(30-15)28-17-12-21-20(4-2-8-25-21)22(13-17)27-16-10-18-5-6-19(11-16)29(18)9-3-7-24/h2,4,8,12-14,16,18-19,27H,3,5-6,9-11H2,1H3,(H,26,28)/t16?,18-,19+. The van der Waals surface area contributed by atoms with Crippen molar-refractivity contribution in [1.29, 1.82) is 5.26 Å². The summed E-state index contributed by atoms with van der Waals surface area (Å²) in [4.78, 5) is 12.8. The number of nitrogens with zero attached hydrogens (tertiary/aromatic N) is 4. The summed E-state index contributed by atoms with van der Waals surface area (Å²) in [6.07, 6.45) is 9.13. The lowest BCUT2D eigenvalue weighted by Gasteiger charge is -2.39. The van der Waals surface area contributed by atoms with E-state index in [9.17, 15) is 0 Å². The Hall–Kier alpha value is -2.69. The van der Waals surface area contributed by atoms with Crippen LogP contribution in [0.4, 0.5) is 16.5 Å². The molecule has 6 nitrogen and oxygen atoms in total. The Morgan fingerprint density at radius 3 is 2.80 bits per heavy atom. The molecule has 7 heteroatoms. The normalized spacial score (nSPS) is 23.4. The molecular weight excluding hydrogens is 392 g/mol. The fraction of sp³-hybridized carbons (Fsp3) is 0.435. The Morgan fingerprint density at radius 1 is 1.23 bits per heavy atom. The van der Waals surface area contributed by atoms with Crippen molar-refractivity contribution in [2.45, 2.75) is 57.2 Å². The molecule has 2 aliphatic rings. The van der Waals surface area contributed by atoms with Crippen molar-refractivity contribution in [2.24, 2.45) is 0 Å². The van der Waals surface area contributed by atoms with Gasteiger partial charge in [0.25, 0.3) is 0 Å². The zero-order valence-electron chi connectivity index (χ0n) is 17.1. The molecule has 1 unspecified atom stereocenters. The van der Waals surface area contributed by atoms with Gasteiger partial charge >= 0.3 is 0 Å². The third-order valence-corrected chi connectivity index (χ3v) is 7.15. The van der Waals surface area contributed by atoms with Crippen LogP contribution in [-0.4, -0.2) is 39.5 Å². The van der Waals surface area contributed by atoms with E-state index < -0.39 is 0 Å². The van der Waals surface area contributed by atoms with E-state index in [4.69, 9.17) is 5.26 Å². The second-order valence-electron chi connectivity index (χ2n) is 8.34. The number of pyridine rings is 1. The van der Waals surface area contributed by atoms with E-state index in [0.717, 1.165) is 46.8 Å². The highest BCUT2D eigenvalue weighted by atomic mass is 32.1. The molecule has 0 saturated carbocycles. The number of thiazole rings is 1. The van der Waals surface area contributed by atoms with Gasteiger partial charge < -0.3 is 10.6 Å². The molecule has 0 aliphatic carbocycles. The Kier molecular flexibility index (Phi) is 5.28. The summed E-state index contributed by atoms with van der Waals surface area (Å²) in [5.74, 6) is 0. The van der Waals surface area contributed by atoms with Crippen molar-refractivity contribution in [3.63, 3.8) is 0 Å². The molecule has 30 heavy (non-hydrogen) atoms. The van der Waals surface area contributed by atoms with Gasteiger partial charge in [0.1, 0.15) is 0 Å². The van der Waals surface area contributed by atoms with Gasteiger partial charge in [0.2, 0.25) is 0 Å². The molecule has 4 heterocycles. The van der Waals surface area contributed by atoms with Crippen molar-refractivity contribution in [1.82, 2.24) is 14.9 Å². The summed E-state index contributed by atoms with van der Waals surface area (Å²) < 4.78 is 0. The fourth-order valence-electron chi connectivity index (χ4n) is 5.07. The van der Waals surface area contributed by atoms with E-state index in [-0.39, 0.29) is 0 Å². The zero-order valence-corrected chi connectivity index (χ0v) is 18.0. The summed E-state index contributed by atoms with van der Waals surface area (Å²) in [5, 5.41) is 18.3. The lowest BCUT2D eigenvalue weighted by atomic mass is 9.96. The molecule has 2 saturated heterocycles. The topological polar surface area (TPSA) is 76.9 Å². The van der Waals surface area contributed by atoms with Gasteiger partial charge in [-0.1, -0.05) is 0 Å². The Bertz CT molecular complexity index is 1070. The maximum Gasteiger partial charge on any atom is 0.187 e. The molecule has 154 valence electrons. The predicted octanol–water partition coefficient (Wildman–Crippen LogP) is 5.06. The number of aryl methyl sites for hydroxylation is 1. The number of anilines is 3. The number of hydrogen-bond donors (Lipinski definition) is 2. The Labute approximate surface area is 181 Å². The van der Waals surface area contributed by atoms with Gasteiger partial charge in [-0.05, 0) is 56.9 Å². The SMILES string of the molecule is Cc1cnc(Nc2cc(NC3C[C@H]4CC[C@@H](C3)N4CCC#N)c3cccnc3c2)s1. The van der Waals surface area contributed by atoms with Gasteiger partial charge in [-0.15, -0.1) is 11.3 Å². The van der Waals surface area contributed by atoms with Gasteiger partial charge in [0, 0.05) is 65.1 Å². The summed E-state index contributed by atoms with van der Waals surface area (Å²) in [7, 11) is 0. The number of piperidine rings is 1. The van der Waals surface area contributed by atoms with Crippen LogP contribution in [0, 0.1) is 18.3 Å². The first kappa shape index (κ1) is 19.3. The summed E-state index contributed by atoms with van der Waals surface area (Å²) in [5.41, 5.74) is 3.12. The third-order valence-electron chi connectivity index (χ3n) is 6.32. The highest BCUT2D eigenvalue weighted by Gasteiger charge is 2.40. The molecule has 2 aromatic heterocycles. The lowest BCUT2D eigenvalue weighted by Crippen LogP contribution is -2.47. The van der Waals surface area contributed by atoms with Crippen molar-refractivity contribution < 1.29 is 0 Å². The highest BCUT2D eigenvalue weighted by molar-refractivity contribution is 7.15. The van der Waals surface area contributed by atoms with Crippen LogP contribution in [0.2, 0.25) is 0 Å². The van der Waals surface area contributed by atoms with E-state index in [0.29, 0.717) is 24.5 Å². The van der Waals surface area contributed by atoms with Gasteiger partial charge in [0.05, 0.1) is 11.6 Å². The minimum Gasteiger partial charge on any atom is -0.382 e. The number of benzene rings is 1. The molecule has 2 N–H and O–H groups in total. The fourth-order valence-corrected chi connectivity index (χ4v) is 5.75. The predicted molar refractivity (Wildman–Crippen MR) is 122 cm³/mol. The Morgan fingerprint density at radius 2 is 2.07 bits per heavy atom. The van der Waals surface area contributed by atoms with Crippen molar-refractivity contribution in [3.8, 4) is 6.07 Å². The average molecular weight is 419 g/mol. The quantitative estimate of drug-likeness (QED) is 0.582. The molecule has 0 spiro atoms. The van der Waals surface area contributed by atoms with Crippen LogP contribution in [0.5, 0.6) is 0 Å². The number of nitriles is 1. The van der Waals surface area contributed by atoms with Crippen LogP contribution in [0.1, 0.15) is 37.0 Å². The molecule has 0 amide bonds. The first-order chi connectivity index (χ1) is 14.7. The van der Waals surface area contributed by atoms with Crippen molar-refractivity contribution >= 4 is 38.7 Å². The van der Waals surface area contributed by atoms with Crippen LogP contribution in [0.3, 0.4) is 0 Å². The molecule has 2 fully saturated rings. The number of hydrogen-bond acceptors (Lipinski definition) is 7. The molecule has 3 atom stereocenters. The maximum atomic E-state index is 8.97. The van der Waals surface area contributed by atoms with Crippen molar-refractivity contribution in [2.75, 3.05) is 17.2 Å². The zero-order chi connectivity index (χ0) is 20.5. The van der Waals surface area contributed by atoms with Crippen LogP contribution < -0.4 is 10.6 Å². The lowest BCUT2D eigenvalue weighted by molar-refractivity contribution is 0.136. The summed E-state index contributed by atoms with van der Waals surface area (Å²) in [6, 6.07) is 12.4. The van der Waals surface area contributed by atoms with Gasteiger partial charge in [-0.25, -0.2) is 4.98 Å². The van der Waals surface area contributed by atoms with E-state index in [2.05, 4.69) is 56.7 Å². The Balaban J connectivity index is 1.38. The van der Waals surface area contributed by atoms with Crippen LogP contribution in [0.25, 0.3) is 10.9 Å². The molecular formula is C23H26N6S. The van der Waals surface area contributed by atoms with Crippen LogP contribution in [0.15, 0.2) is 36.7 Å². The molecule has 3 aromatic rings. The van der Waals surface area contributed by atoms with Crippen LogP contribution in [-0.2, 0) is 0 Å². The maximum absolute atomic E-state index is 8.97. The summed E-state index contributed by atoms with van der Waals surface area (Å²) >= 11 is 1.65. The van der Waals surface area contributed by atoms with Gasteiger partial charge in [-0.3, -0.25) is 9.88 Å². The second kappa shape index (κ2) is 8.21. The molecule has 2 aliphatic heterocycles. The van der Waals surface area contributed by atoms with E-state index in [1.165, 1.54) is 17.7 Å². The van der Waals surface area contributed by atoms with E-state index in [1.54, 1.807) is 11.3 Å². The monoisotopic (exact) mass is 418 g/mol. The smallest absolute Gasteiger partial charge is 0.187 e. The van der Waals surface area contributed by atoms with Crippen molar-refractivity contribution in [3.05, 3.63) is 41.5 Å². The van der Waals surface area contributed by atoms with E-state index >= 15 is 0 Å². The third kappa shape index (κ3) is 3.85. The minimum absolute atomic E-state index is 0.446. The molecule has 5 rings (SSSR count). The number of aromatic nitrogens is 2. The number of fused-ring (bicyclic) bond motifs is 3. The summed E-state index contributed by atoms with van der Waals surface area (Å²) in [6.45, 7) is 2.98. The van der Waals surface area contributed by atoms with Gasteiger partial charge in [-0.2, -0.15) is 5.26 Å². The number of nitrogens with one attached hydrogen (secondary N) is 2. The first-order valence-electron chi connectivity index (χ1n) is 10.7. The first-order valence-corrected chi connectivity index (χ1v) is 11.5. The molecule has 0 radical (unpaired) electrons.